The Morgan fingerprint density at radius 3 is 2.90 bits per heavy atom. The van der Waals surface area contributed by atoms with Crippen molar-refractivity contribution in [3.63, 3.8) is 0 Å². The first kappa shape index (κ1) is 18.6. The van der Waals surface area contributed by atoms with Gasteiger partial charge in [-0.15, -0.1) is 0 Å². The van der Waals surface area contributed by atoms with Gasteiger partial charge >= 0.3 is 0 Å². The SMILES string of the molecule is Cc1cccc(C2c3[nH]c4ccccc4c3CCN2C(=O)CCc2cnccn2)c1. The molecule has 3 heterocycles. The number of hydrogen-bond donors (Lipinski definition) is 1. The Morgan fingerprint density at radius 1 is 1.17 bits per heavy atom. The fourth-order valence-corrected chi connectivity index (χ4v) is 4.53. The minimum absolute atomic E-state index is 0.101. The zero-order valence-corrected chi connectivity index (χ0v) is 17.0. The van der Waals surface area contributed by atoms with E-state index in [1.807, 2.05) is 4.90 Å². The van der Waals surface area contributed by atoms with Crippen molar-refractivity contribution in [1.82, 2.24) is 19.9 Å². The van der Waals surface area contributed by atoms with Gasteiger partial charge in [0.25, 0.3) is 0 Å². The van der Waals surface area contributed by atoms with Crippen molar-refractivity contribution in [2.75, 3.05) is 6.54 Å². The number of amides is 1. The molecule has 0 aliphatic carbocycles. The molecule has 0 spiro atoms. The number of aromatic nitrogens is 3. The molecule has 5 heteroatoms. The molecule has 0 fully saturated rings. The summed E-state index contributed by atoms with van der Waals surface area (Å²) < 4.78 is 0. The molecule has 1 amide bonds. The Bertz CT molecular complexity index is 1200. The lowest BCUT2D eigenvalue weighted by Gasteiger charge is -2.36. The highest BCUT2D eigenvalue weighted by Crippen LogP contribution is 2.38. The van der Waals surface area contributed by atoms with Crippen LogP contribution in [0.2, 0.25) is 0 Å². The van der Waals surface area contributed by atoms with Crippen LogP contribution in [0.15, 0.2) is 67.1 Å². The lowest BCUT2D eigenvalue weighted by atomic mass is 9.91. The van der Waals surface area contributed by atoms with Crippen LogP contribution in [0.1, 0.15) is 40.5 Å². The maximum absolute atomic E-state index is 13.3. The van der Waals surface area contributed by atoms with Crippen LogP contribution in [0.5, 0.6) is 0 Å². The largest absolute Gasteiger partial charge is 0.356 e. The van der Waals surface area contributed by atoms with Crippen molar-refractivity contribution >= 4 is 16.8 Å². The normalized spacial score (nSPS) is 15.9. The second-order valence-corrected chi connectivity index (χ2v) is 7.91. The molecule has 1 aliphatic heterocycles. The van der Waals surface area contributed by atoms with E-state index in [0.717, 1.165) is 28.9 Å². The van der Waals surface area contributed by atoms with Gasteiger partial charge < -0.3 is 9.88 Å². The van der Waals surface area contributed by atoms with E-state index in [4.69, 9.17) is 0 Å². The Hall–Kier alpha value is -3.47. The summed E-state index contributed by atoms with van der Waals surface area (Å²) >= 11 is 0. The molecule has 1 unspecified atom stereocenters. The van der Waals surface area contributed by atoms with Crippen molar-refractivity contribution in [2.45, 2.75) is 32.2 Å². The first-order valence-electron chi connectivity index (χ1n) is 10.4. The molecule has 1 N–H and O–H groups in total. The average Bonchev–Trinajstić information content (AvgIpc) is 3.16. The van der Waals surface area contributed by atoms with E-state index in [1.165, 1.54) is 16.5 Å². The summed E-state index contributed by atoms with van der Waals surface area (Å²) in [6, 6.07) is 16.8. The summed E-state index contributed by atoms with van der Waals surface area (Å²) in [5, 5.41) is 1.26. The second-order valence-electron chi connectivity index (χ2n) is 7.91. The Morgan fingerprint density at radius 2 is 2.07 bits per heavy atom. The maximum Gasteiger partial charge on any atom is 0.223 e. The van der Waals surface area contributed by atoms with E-state index >= 15 is 0 Å². The van der Waals surface area contributed by atoms with Crippen LogP contribution in [0.25, 0.3) is 10.9 Å². The lowest BCUT2D eigenvalue weighted by Crippen LogP contribution is -2.40. The van der Waals surface area contributed by atoms with E-state index in [1.54, 1.807) is 18.6 Å². The molecule has 2 aromatic heterocycles. The highest BCUT2D eigenvalue weighted by molar-refractivity contribution is 5.86. The number of nitrogens with zero attached hydrogens (tertiary/aromatic N) is 3. The van der Waals surface area contributed by atoms with Crippen molar-refractivity contribution in [2.24, 2.45) is 0 Å². The van der Waals surface area contributed by atoms with Gasteiger partial charge in [-0.2, -0.15) is 0 Å². The third-order valence-electron chi connectivity index (χ3n) is 5.92. The van der Waals surface area contributed by atoms with Gasteiger partial charge in [-0.1, -0.05) is 48.0 Å². The van der Waals surface area contributed by atoms with Crippen LogP contribution < -0.4 is 0 Å². The van der Waals surface area contributed by atoms with Crippen molar-refractivity contribution in [3.8, 4) is 0 Å². The lowest BCUT2D eigenvalue weighted by molar-refractivity contribution is -0.133. The molecule has 30 heavy (non-hydrogen) atoms. The summed E-state index contributed by atoms with van der Waals surface area (Å²) in [6.45, 7) is 2.81. The third kappa shape index (κ3) is 3.36. The van der Waals surface area contributed by atoms with E-state index in [9.17, 15) is 4.79 Å². The number of rotatable bonds is 4. The number of aromatic amines is 1. The van der Waals surface area contributed by atoms with Crippen LogP contribution in [0.4, 0.5) is 0 Å². The van der Waals surface area contributed by atoms with Crippen LogP contribution in [-0.4, -0.2) is 32.3 Å². The van der Waals surface area contributed by atoms with Crippen LogP contribution >= 0.6 is 0 Å². The number of hydrogen-bond acceptors (Lipinski definition) is 3. The predicted molar refractivity (Wildman–Crippen MR) is 117 cm³/mol. The molecule has 0 saturated heterocycles. The van der Waals surface area contributed by atoms with Gasteiger partial charge in [0, 0.05) is 48.2 Å². The molecular formula is C25H24N4O. The number of carbonyl (C=O) groups is 1. The minimum atomic E-state index is -0.101. The molecule has 0 saturated carbocycles. The van der Waals surface area contributed by atoms with Gasteiger partial charge in [-0.25, -0.2) is 0 Å². The predicted octanol–water partition coefficient (Wildman–Crippen LogP) is 4.37. The minimum Gasteiger partial charge on any atom is -0.356 e. The number of H-pyrrole nitrogens is 1. The molecule has 1 atom stereocenters. The highest BCUT2D eigenvalue weighted by atomic mass is 16.2. The van der Waals surface area contributed by atoms with Gasteiger partial charge in [0.05, 0.1) is 11.7 Å². The molecule has 5 rings (SSSR count). The van der Waals surface area contributed by atoms with Crippen molar-refractivity contribution in [3.05, 3.63) is 95.2 Å². The fourth-order valence-electron chi connectivity index (χ4n) is 4.53. The summed E-state index contributed by atoms with van der Waals surface area (Å²) in [7, 11) is 0. The molecule has 0 radical (unpaired) electrons. The van der Waals surface area contributed by atoms with Crippen molar-refractivity contribution < 1.29 is 4.79 Å². The van der Waals surface area contributed by atoms with Gasteiger partial charge in [0.15, 0.2) is 0 Å². The second kappa shape index (κ2) is 7.75. The summed E-state index contributed by atoms with van der Waals surface area (Å²) in [4.78, 5) is 27.4. The molecule has 5 nitrogen and oxygen atoms in total. The number of fused-ring (bicyclic) bond motifs is 3. The number of nitrogens with one attached hydrogen (secondary N) is 1. The summed E-state index contributed by atoms with van der Waals surface area (Å²) in [5.74, 6) is 0.150. The van der Waals surface area contributed by atoms with Gasteiger partial charge in [-0.3, -0.25) is 14.8 Å². The number of carbonyl (C=O) groups excluding carboxylic acids is 1. The maximum atomic E-state index is 13.3. The third-order valence-corrected chi connectivity index (χ3v) is 5.92. The smallest absolute Gasteiger partial charge is 0.223 e. The average molecular weight is 396 g/mol. The molecule has 150 valence electrons. The first-order valence-corrected chi connectivity index (χ1v) is 10.4. The number of benzene rings is 2. The van der Waals surface area contributed by atoms with E-state index in [2.05, 4.69) is 70.4 Å². The van der Waals surface area contributed by atoms with Crippen molar-refractivity contribution in [1.29, 1.82) is 0 Å². The molecule has 2 aromatic carbocycles. The zero-order chi connectivity index (χ0) is 20.5. The first-order chi connectivity index (χ1) is 14.7. The zero-order valence-electron chi connectivity index (χ0n) is 17.0. The monoisotopic (exact) mass is 396 g/mol. The topological polar surface area (TPSA) is 61.9 Å². The van der Waals surface area contributed by atoms with E-state index < -0.39 is 0 Å². The summed E-state index contributed by atoms with van der Waals surface area (Å²) in [5.41, 5.74) is 6.80. The van der Waals surface area contributed by atoms with Crippen LogP contribution in [-0.2, 0) is 17.6 Å². The van der Waals surface area contributed by atoms with E-state index in [-0.39, 0.29) is 11.9 Å². The standard InChI is InChI=1S/C25H24N4O/c1-17-5-4-6-18(15-17)25-24-21(20-7-2-3-8-22(20)28-24)11-14-29(25)23(30)10-9-19-16-26-12-13-27-19/h2-8,12-13,15-16,25,28H,9-11,14H2,1H3. The Balaban J connectivity index is 1.52. The molecule has 4 aromatic rings. The van der Waals surface area contributed by atoms with Gasteiger partial charge in [0.2, 0.25) is 5.91 Å². The van der Waals surface area contributed by atoms with Crippen LogP contribution in [0, 0.1) is 6.92 Å². The molecule has 1 aliphatic rings. The molecule has 0 bridgehead atoms. The van der Waals surface area contributed by atoms with Gasteiger partial charge in [-0.05, 0) is 37.0 Å². The highest BCUT2D eigenvalue weighted by Gasteiger charge is 2.34. The quantitative estimate of drug-likeness (QED) is 0.557. The summed E-state index contributed by atoms with van der Waals surface area (Å²) in [6.07, 6.45) is 6.95. The van der Waals surface area contributed by atoms with Crippen LogP contribution in [0.3, 0.4) is 0 Å². The van der Waals surface area contributed by atoms with E-state index in [0.29, 0.717) is 19.4 Å². The Kier molecular flexibility index (Phi) is 4.79. The number of para-hydroxylation sites is 1. The molecular weight excluding hydrogens is 372 g/mol. The Labute approximate surface area is 175 Å². The van der Waals surface area contributed by atoms with Gasteiger partial charge in [0.1, 0.15) is 0 Å². The number of aryl methyl sites for hydroxylation is 2. The fraction of sp³-hybridized carbons (Fsp3) is 0.240.